The maximum atomic E-state index is 14.3. The molecule has 3 aliphatic heterocycles. The van der Waals surface area contributed by atoms with Crippen LogP contribution in [0.1, 0.15) is 108 Å². The summed E-state index contributed by atoms with van der Waals surface area (Å²) in [4.78, 5) is 16.2. The molecule has 0 aromatic heterocycles. The number of aliphatic hydroxyl groups is 5. The maximum Gasteiger partial charge on any atom is 0.311 e. The molecule has 0 aromatic rings. The van der Waals surface area contributed by atoms with Crippen LogP contribution in [0.5, 0.6) is 0 Å². The van der Waals surface area contributed by atoms with Crippen molar-refractivity contribution in [2.24, 2.45) is 17.8 Å². The van der Waals surface area contributed by atoms with Crippen LogP contribution in [0.15, 0.2) is 0 Å². The van der Waals surface area contributed by atoms with Crippen molar-refractivity contribution < 1.29 is 58.7 Å². The van der Waals surface area contributed by atoms with E-state index in [9.17, 15) is 30.3 Å². The zero-order chi connectivity index (χ0) is 42.6. The van der Waals surface area contributed by atoms with E-state index >= 15 is 0 Å². The highest BCUT2D eigenvalue weighted by molar-refractivity contribution is 5.73. The molecule has 15 nitrogen and oxygen atoms in total. The number of hydrogen-bond donors (Lipinski definition) is 7. The molecule has 0 unspecified atom stereocenters. The monoisotopic (exact) mass is 806 g/mol. The summed E-state index contributed by atoms with van der Waals surface area (Å²) in [5, 5.41) is 65.8. The maximum absolute atomic E-state index is 14.3. The summed E-state index contributed by atoms with van der Waals surface area (Å²) in [5.74, 6) is -2.66. The number of likely N-dealkylation sites (N-methyl/N-ethyl adjacent to an activating group) is 1. The topological polar surface area (TPSA) is 201 Å². The predicted octanol–water partition coefficient (Wildman–Crippen LogP) is 1.93. The molecule has 3 aliphatic rings. The van der Waals surface area contributed by atoms with Crippen molar-refractivity contribution in [3.63, 3.8) is 0 Å². The quantitative estimate of drug-likeness (QED) is 0.118. The van der Waals surface area contributed by atoms with Gasteiger partial charge in [0.1, 0.15) is 35.1 Å². The molecule has 7 N–H and O–H groups in total. The normalized spacial score (nSPS) is 47.9. The van der Waals surface area contributed by atoms with Gasteiger partial charge in [0.2, 0.25) is 0 Å². The van der Waals surface area contributed by atoms with Crippen LogP contribution in [0.4, 0.5) is 0 Å². The van der Waals surface area contributed by atoms with Gasteiger partial charge in [-0.1, -0.05) is 27.7 Å². The number of carbonyl (C=O) groups excluding carboxylic acids is 1. The molecule has 330 valence electrons. The van der Waals surface area contributed by atoms with E-state index in [0.29, 0.717) is 19.5 Å². The van der Waals surface area contributed by atoms with Crippen LogP contribution < -0.4 is 10.6 Å². The van der Waals surface area contributed by atoms with Gasteiger partial charge in [0.25, 0.3) is 0 Å². The van der Waals surface area contributed by atoms with Crippen LogP contribution in [0.3, 0.4) is 0 Å². The van der Waals surface area contributed by atoms with E-state index in [-0.39, 0.29) is 43.9 Å². The molecule has 56 heavy (non-hydrogen) atoms. The fourth-order valence-corrected chi connectivity index (χ4v) is 9.21. The standard InChI is InChI=1S/C41H79N3O12/c1-15-17-42-22-41(50)28(8)53-31(20-39(41,10)51-14)55-33-25(5)35(56-37-32(45)29(44(12)13)18-24(4)52-37)38(9,48)19-23(3)21-43-27(7)34(46)40(11,49)30(16-2)54-36(47)26(33)6/h23-35,37,42-43,45-46,48-50H,15-22H2,1-14H3/t23-,24-,25+,26-,27-,28+,29+,30-,31+,32-,33+,34-,35-,37+,38-,39-,40-,41+/m0/s1. The lowest BCUT2D eigenvalue weighted by atomic mass is 9.75. The van der Waals surface area contributed by atoms with Crippen LogP contribution in [0.25, 0.3) is 0 Å². The lowest BCUT2D eigenvalue weighted by Gasteiger charge is -2.53. The van der Waals surface area contributed by atoms with Crippen LogP contribution in [0.2, 0.25) is 0 Å². The lowest BCUT2D eigenvalue weighted by molar-refractivity contribution is -0.336. The van der Waals surface area contributed by atoms with Crippen molar-refractivity contribution in [3.05, 3.63) is 0 Å². The van der Waals surface area contributed by atoms with Crippen molar-refractivity contribution in [1.82, 2.24) is 15.5 Å². The van der Waals surface area contributed by atoms with Crippen LogP contribution in [0, 0.1) is 17.8 Å². The Morgan fingerprint density at radius 2 is 1.61 bits per heavy atom. The molecule has 0 aromatic carbocycles. The fourth-order valence-electron chi connectivity index (χ4n) is 9.21. The number of nitrogens with one attached hydrogen (secondary N) is 2. The Morgan fingerprint density at radius 1 is 0.964 bits per heavy atom. The minimum Gasteiger partial charge on any atom is -0.459 e. The number of ether oxygens (including phenoxy) is 6. The number of rotatable bonds is 11. The SMILES string of the molecule is CCCNC[C@@]1(O)[C@@H](C)O[C@H](O[C@@H]2[C@@H](C)[C@H](O[C@H]3O[C@@H](C)C[C@@H](N(C)C)[C@@H]3O)[C@@](C)(O)C[C@H](C)CN[C@@H](C)[C@H](O)[C@@](C)(O)[C@H](CC)OC(=O)[C@H]2C)C[C@]1(C)OC. The largest absolute Gasteiger partial charge is 0.459 e. The molecular formula is C41H79N3O12. The molecule has 3 saturated heterocycles. The number of nitrogens with zero attached hydrogens (tertiary/aromatic N) is 1. The number of carbonyl (C=O) groups is 1. The third kappa shape index (κ3) is 11.0. The van der Waals surface area contributed by atoms with Gasteiger partial charge in [0.15, 0.2) is 12.6 Å². The highest BCUT2D eigenvalue weighted by atomic mass is 16.7. The number of cyclic esters (lactones) is 1. The van der Waals surface area contributed by atoms with Gasteiger partial charge in [-0.25, -0.2) is 0 Å². The average Bonchev–Trinajstić information content (AvgIpc) is 3.12. The first-order valence-electron chi connectivity index (χ1n) is 20.9. The van der Waals surface area contributed by atoms with Crippen molar-refractivity contribution in [1.29, 1.82) is 0 Å². The molecule has 0 saturated carbocycles. The first-order valence-corrected chi connectivity index (χ1v) is 20.9. The number of methoxy groups -OCH3 is 1. The van der Waals surface area contributed by atoms with Crippen LogP contribution >= 0.6 is 0 Å². The number of esters is 1. The second-order valence-electron chi connectivity index (χ2n) is 18.2. The van der Waals surface area contributed by atoms with Gasteiger partial charge in [-0.05, 0) is 107 Å². The Hall–Kier alpha value is -1.05. The Bertz CT molecular complexity index is 1230. The van der Waals surface area contributed by atoms with E-state index in [1.165, 1.54) is 14.0 Å². The van der Waals surface area contributed by atoms with Crippen molar-refractivity contribution in [2.45, 2.75) is 198 Å². The molecule has 3 fully saturated rings. The summed E-state index contributed by atoms with van der Waals surface area (Å²) in [6, 6.07) is -0.877. The molecule has 0 aliphatic carbocycles. The Balaban J connectivity index is 2.16. The van der Waals surface area contributed by atoms with E-state index in [2.05, 4.69) is 10.6 Å². The zero-order valence-corrected chi connectivity index (χ0v) is 36.8. The average molecular weight is 806 g/mol. The van der Waals surface area contributed by atoms with Gasteiger partial charge < -0.3 is 69.5 Å². The number of aliphatic hydroxyl groups excluding tert-OH is 2. The summed E-state index contributed by atoms with van der Waals surface area (Å²) in [6.45, 7) is 20.9. The summed E-state index contributed by atoms with van der Waals surface area (Å²) in [7, 11) is 5.31. The number of hydrogen-bond acceptors (Lipinski definition) is 15. The van der Waals surface area contributed by atoms with Crippen LogP contribution in [-0.4, -0.2) is 167 Å². The summed E-state index contributed by atoms with van der Waals surface area (Å²) >= 11 is 0. The van der Waals surface area contributed by atoms with E-state index < -0.39 is 95.5 Å². The summed E-state index contributed by atoms with van der Waals surface area (Å²) in [5.41, 5.74) is -5.95. The predicted molar refractivity (Wildman–Crippen MR) is 212 cm³/mol. The van der Waals surface area contributed by atoms with Gasteiger partial charge in [-0.3, -0.25) is 4.79 Å². The molecule has 3 heterocycles. The molecular weight excluding hydrogens is 726 g/mol. The third-order valence-corrected chi connectivity index (χ3v) is 13.0. The van der Waals surface area contributed by atoms with Crippen molar-refractivity contribution in [3.8, 4) is 0 Å². The Labute approximate surface area is 336 Å². The van der Waals surface area contributed by atoms with E-state index in [1.54, 1.807) is 34.6 Å². The highest BCUT2D eigenvalue weighted by Crippen LogP contribution is 2.43. The molecule has 3 rings (SSSR count). The summed E-state index contributed by atoms with van der Waals surface area (Å²) < 4.78 is 38.3. The molecule has 0 amide bonds. The van der Waals surface area contributed by atoms with Gasteiger partial charge in [0, 0.05) is 38.1 Å². The van der Waals surface area contributed by atoms with Crippen LogP contribution in [-0.2, 0) is 33.2 Å². The fraction of sp³-hybridized carbons (Fsp3) is 0.976. The molecule has 0 bridgehead atoms. The summed E-state index contributed by atoms with van der Waals surface area (Å²) in [6.07, 6.45) is -6.71. The van der Waals surface area contributed by atoms with E-state index in [1.807, 2.05) is 53.6 Å². The Kier molecular flexibility index (Phi) is 17.6. The third-order valence-electron chi connectivity index (χ3n) is 13.0. The second kappa shape index (κ2) is 20.0. The van der Waals surface area contributed by atoms with Gasteiger partial charge in [-0.2, -0.15) is 0 Å². The second-order valence-corrected chi connectivity index (χ2v) is 18.2. The van der Waals surface area contributed by atoms with Crippen molar-refractivity contribution >= 4 is 5.97 Å². The highest BCUT2D eigenvalue weighted by Gasteiger charge is 2.58. The smallest absolute Gasteiger partial charge is 0.311 e. The first kappa shape index (κ1) is 49.3. The first-order chi connectivity index (χ1) is 25.9. The van der Waals surface area contributed by atoms with E-state index in [0.717, 1.165) is 6.42 Å². The minimum atomic E-state index is -1.81. The lowest BCUT2D eigenvalue weighted by Crippen LogP contribution is -2.70. The molecule has 0 spiro atoms. The van der Waals surface area contributed by atoms with Gasteiger partial charge >= 0.3 is 5.97 Å². The molecule has 15 heteroatoms. The molecule has 0 radical (unpaired) electrons. The van der Waals surface area contributed by atoms with E-state index in [4.69, 9.17) is 28.4 Å². The van der Waals surface area contributed by atoms with Gasteiger partial charge in [0.05, 0.1) is 35.9 Å². The molecule has 18 atom stereocenters. The minimum absolute atomic E-state index is 0.0939. The van der Waals surface area contributed by atoms with Crippen molar-refractivity contribution in [2.75, 3.05) is 40.8 Å². The Morgan fingerprint density at radius 3 is 2.18 bits per heavy atom. The zero-order valence-electron chi connectivity index (χ0n) is 36.8. The van der Waals surface area contributed by atoms with Gasteiger partial charge in [-0.15, -0.1) is 0 Å².